The Kier molecular flexibility index (Phi) is 10.3. The van der Waals surface area contributed by atoms with Crippen LogP contribution >= 0.6 is 24.0 Å². The molecule has 0 saturated carbocycles. The van der Waals surface area contributed by atoms with E-state index < -0.39 is 0 Å². The van der Waals surface area contributed by atoms with Crippen LogP contribution in [0, 0.1) is 0 Å². The molecule has 2 N–H and O–H groups in total. The molecule has 0 fully saturated rings. The molecule has 0 saturated heterocycles. The molecule has 0 unspecified atom stereocenters. The second kappa shape index (κ2) is 12.2. The molecule has 7 nitrogen and oxygen atoms in total. The maximum absolute atomic E-state index is 5.62. The fourth-order valence-corrected chi connectivity index (χ4v) is 2.52. The van der Waals surface area contributed by atoms with E-state index in [9.17, 15) is 0 Å². The van der Waals surface area contributed by atoms with Gasteiger partial charge >= 0.3 is 0 Å². The molecular formula is C20H28IN3O4. The van der Waals surface area contributed by atoms with Crippen LogP contribution in [0.15, 0.2) is 41.4 Å². The first-order valence-electron chi connectivity index (χ1n) is 8.64. The van der Waals surface area contributed by atoms with Gasteiger partial charge in [-0.05, 0) is 36.8 Å². The molecule has 0 radical (unpaired) electrons. The molecule has 0 aliphatic heterocycles. The lowest BCUT2D eigenvalue weighted by Gasteiger charge is -2.15. The van der Waals surface area contributed by atoms with Gasteiger partial charge in [-0.15, -0.1) is 24.0 Å². The molecule has 2 rings (SSSR count). The summed E-state index contributed by atoms with van der Waals surface area (Å²) in [7, 11) is 6.56. The van der Waals surface area contributed by atoms with Crippen LogP contribution in [0.5, 0.6) is 23.0 Å². The lowest BCUT2D eigenvalue weighted by molar-refractivity contribution is 0.310. The Morgan fingerprint density at radius 1 is 0.893 bits per heavy atom. The number of hydrogen-bond donors (Lipinski definition) is 2. The highest BCUT2D eigenvalue weighted by Crippen LogP contribution is 2.30. The van der Waals surface area contributed by atoms with E-state index in [4.69, 9.17) is 18.9 Å². The lowest BCUT2D eigenvalue weighted by Crippen LogP contribution is -2.30. The van der Waals surface area contributed by atoms with Crippen LogP contribution in [0.3, 0.4) is 0 Å². The maximum atomic E-state index is 5.62. The van der Waals surface area contributed by atoms with Crippen molar-refractivity contribution in [1.29, 1.82) is 0 Å². The Hall–Kier alpha value is -2.36. The molecule has 0 aliphatic rings. The van der Waals surface area contributed by atoms with Gasteiger partial charge in [0, 0.05) is 25.3 Å². The zero-order valence-electron chi connectivity index (χ0n) is 16.9. The van der Waals surface area contributed by atoms with E-state index in [1.54, 1.807) is 28.4 Å². The van der Waals surface area contributed by atoms with Crippen LogP contribution in [0.1, 0.15) is 12.5 Å². The highest BCUT2D eigenvalue weighted by Gasteiger charge is 2.08. The monoisotopic (exact) mass is 501 g/mol. The fraction of sp³-hybridized carbons (Fsp3) is 0.350. The van der Waals surface area contributed by atoms with Crippen molar-refractivity contribution in [3.05, 3.63) is 42.0 Å². The van der Waals surface area contributed by atoms with Crippen molar-refractivity contribution in [3.63, 3.8) is 0 Å². The summed E-state index contributed by atoms with van der Waals surface area (Å²) < 4.78 is 21.5. The first kappa shape index (κ1) is 23.7. The van der Waals surface area contributed by atoms with Gasteiger partial charge in [0.15, 0.2) is 29.0 Å². The van der Waals surface area contributed by atoms with Gasteiger partial charge in [-0.25, -0.2) is 0 Å². The minimum absolute atomic E-state index is 0. The third-order valence-corrected chi connectivity index (χ3v) is 3.86. The van der Waals surface area contributed by atoms with E-state index in [1.807, 2.05) is 43.3 Å². The minimum atomic E-state index is 0. The summed E-state index contributed by atoms with van der Waals surface area (Å²) in [5, 5.41) is 6.51. The van der Waals surface area contributed by atoms with Crippen LogP contribution in [0.25, 0.3) is 0 Å². The molecule has 0 heterocycles. The minimum Gasteiger partial charge on any atom is -0.493 e. The summed E-state index contributed by atoms with van der Waals surface area (Å²) in [4.78, 5) is 4.26. The highest BCUT2D eigenvalue weighted by atomic mass is 127. The molecule has 0 atom stereocenters. The first-order chi connectivity index (χ1) is 13.1. The maximum Gasteiger partial charge on any atom is 0.195 e. The van der Waals surface area contributed by atoms with Crippen molar-refractivity contribution >= 4 is 35.6 Å². The second-order valence-corrected chi connectivity index (χ2v) is 5.54. The molecule has 0 spiro atoms. The second-order valence-electron chi connectivity index (χ2n) is 5.54. The van der Waals surface area contributed by atoms with Crippen molar-refractivity contribution in [2.75, 3.05) is 40.3 Å². The molecule has 154 valence electrons. The number of rotatable bonds is 8. The number of aliphatic imine (C=N–C) groups is 1. The van der Waals surface area contributed by atoms with Gasteiger partial charge in [0.1, 0.15) is 0 Å². The number of guanidine groups is 1. The molecule has 2 aromatic carbocycles. The van der Waals surface area contributed by atoms with Gasteiger partial charge in [0.05, 0.1) is 27.9 Å². The molecular weight excluding hydrogens is 473 g/mol. The van der Waals surface area contributed by atoms with Crippen LogP contribution in [-0.4, -0.2) is 40.9 Å². The normalized spacial score (nSPS) is 10.5. The Balaban J connectivity index is 0.00000392. The van der Waals surface area contributed by atoms with Crippen molar-refractivity contribution < 1.29 is 18.9 Å². The number of ether oxygens (including phenoxy) is 4. The van der Waals surface area contributed by atoms with E-state index in [2.05, 4.69) is 15.6 Å². The fourth-order valence-electron chi connectivity index (χ4n) is 2.52. The zero-order valence-corrected chi connectivity index (χ0v) is 19.2. The van der Waals surface area contributed by atoms with Gasteiger partial charge in [0.25, 0.3) is 0 Å². The number of nitrogens with one attached hydrogen (secondary N) is 2. The van der Waals surface area contributed by atoms with E-state index in [0.29, 0.717) is 36.4 Å². The summed E-state index contributed by atoms with van der Waals surface area (Å²) in [6, 6.07) is 11.4. The molecule has 28 heavy (non-hydrogen) atoms. The van der Waals surface area contributed by atoms with E-state index in [0.717, 1.165) is 17.0 Å². The summed E-state index contributed by atoms with van der Waals surface area (Å²) in [5.41, 5.74) is 1.89. The molecule has 0 aromatic heterocycles. The number of nitrogens with zero attached hydrogens (tertiary/aromatic N) is 1. The van der Waals surface area contributed by atoms with Crippen LogP contribution in [0.4, 0.5) is 5.69 Å². The van der Waals surface area contributed by atoms with Crippen LogP contribution in [-0.2, 0) is 6.54 Å². The zero-order chi connectivity index (χ0) is 19.6. The highest BCUT2D eigenvalue weighted by molar-refractivity contribution is 14.0. The van der Waals surface area contributed by atoms with E-state index in [-0.39, 0.29) is 24.0 Å². The van der Waals surface area contributed by atoms with Gasteiger partial charge in [0.2, 0.25) is 0 Å². The van der Waals surface area contributed by atoms with Gasteiger partial charge in [-0.2, -0.15) is 0 Å². The molecule has 8 heteroatoms. The lowest BCUT2D eigenvalue weighted by atomic mass is 10.2. The first-order valence-corrected chi connectivity index (χ1v) is 8.64. The molecule has 0 amide bonds. The number of methoxy groups -OCH3 is 3. The van der Waals surface area contributed by atoms with Gasteiger partial charge in [-0.1, -0.05) is 6.07 Å². The third kappa shape index (κ3) is 6.36. The van der Waals surface area contributed by atoms with Crippen LogP contribution in [0.2, 0.25) is 0 Å². The van der Waals surface area contributed by atoms with Gasteiger partial charge in [-0.3, -0.25) is 4.99 Å². The number of anilines is 1. The Labute approximate surface area is 183 Å². The standard InChI is InChI=1S/C20H27N3O4.HI/c1-6-27-19-11-14(7-9-17(19)25-4)13-22-20(21-2)23-15-8-10-16(24-3)18(12-15)26-5;/h7-12H,6,13H2,1-5H3,(H2,21,22,23);1H. The van der Waals surface area contributed by atoms with Crippen LogP contribution < -0.4 is 29.6 Å². The Morgan fingerprint density at radius 2 is 1.54 bits per heavy atom. The third-order valence-electron chi connectivity index (χ3n) is 3.86. The van der Waals surface area contributed by atoms with Crippen molar-refractivity contribution in [3.8, 4) is 23.0 Å². The Morgan fingerprint density at radius 3 is 2.14 bits per heavy atom. The summed E-state index contributed by atoms with van der Waals surface area (Å²) in [6.07, 6.45) is 0. The van der Waals surface area contributed by atoms with Gasteiger partial charge < -0.3 is 29.6 Å². The van der Waals surface area contributed by atoms with E-state index >= 15 is 0 Å². The average molecular weight is 501 g/mol. The predicted molar refractivity (Wildman–Crippen MR) is 123 cm³/mol. The Bertz CT molecular complexity index is 784. The summed E-state index contributed by atoms with van der Waals surface area (Å²) in [5.74, 6) is 3.40. The molecule has 2 aromatic rings. The quantitative estimate of drug-likeness (QED) is 0.325. The van der Waals surface area contributed by atoms with Crippen molar-refractivity contribution in [2.24, 2.45) is 4.99 Å². The summed E-state index contributed by atoms with van der Waals surface area (Å²) >= 11 is 0. The smallest absolute Gasteiger partial charge is 0.195 e. The number of benzene rings is 2. The van der Waals surface area contributed by atoms with Crippen molar-refractivity contribution in [2.45, 2.75) is 13.5 Å². The topological polar surface area (TPSA) is 73.3 Å². The van der Waals surface area contributed by atoms with E-state index in [1.165, 1.54) is 0 Å². The largest absolute Gasteiger partial charge is 0.493 e. The number of halogens is 1. The van der Waals surface area contributed by atoms with Crippen molar-refractivity contribution in [1.82, 2.24) is 5.32 Å². The SMILES string of the molecule is CCOc1cc(CNC(=NC)Nc2ccc(OC)c(OC)c2)ccc1OC.I. The molecule has 0 aliphatic carbocycles. The predicted octanol–water partition coefficient (Wildman–Crippen LogP) is 3.92. The molecule has 0 bridgehead atoms. The average Bonchev–Trinajstić information content (AvgIpc) is 2.71. The number of hydrogen-bond acceptors (Lipinski definition) is 5. The summed E-state index contributed by atoms with van der Waals surface area (Å²) in [6.45, 7) is 3.10.